The first-order chi connectivity index (χ1) is 7.09. The number of aromatic nitrogens is 1. The normalized spacial score (nSPS) is 10.5. The molecule has 5 heteroatoms. The molecule has 0 saturated carbocycles. The standard InChI is InChI=1S/C10H8N2O3/c1-5(13)10-12-7-4-2-3-6(9(11)14)8(7)15-10/h2-4H,1H3,(H2,11,14). The number of para-hydroxylation sites is 1. The molecule has 1 heterocycles. The lowest BCUT2D eigenvalue weighted by atomic mass is 10.2. The van der Waals surface area contributed by atoms with Crippen LogP contribution in [-0.4, -0.2) is 16.7 Å². The third kappa shape index (κ3) is 1.48. The quantitative estimate of drug-likeness (QED) is 0.743. The minimum absolute atomic E-state index is 0.0151. The summed E-state index contributed by atoms with van der Waals surface area (Å²) in [7, 11) is 0. The lowest BCUT2D eigenvalue weighted by Crippen LogP contribution is -2.10. The van der Waals surface area contributed by atoms with Gasteiger partial charge in [-0.15, -0.1) is 0 Å². The van der Waals surface area contributed by atoms with Crippen LogP contribution >= 0.6 is 0 Å². The molecule has 76 valence electrons. The highest BCUT2D eigenvalue weighted by atomic mass is 16.4. The SMILES string of the molecule is CC(=O)c1nc2cccc(C(N)=O)c2o1. The van der Waals surface area contributed by atoms with Gasteiger partial charge >= 0.3 is 0 Å². The van der Waals surface area contributed by atoms with Crippen molar-refractivity contribution in [3.63, 3.8) is 0 Å². The Balaban J connectivity index is 2.75. The van der Waals surface area contributed by atoms with E-state index in [-0.39, 0.29) is 22.8 Å². The molecule has 0 bridgehead atoms. The van der Waals surface area contributed by atoms with Crippen molar-refractivity contribution in [3.8, 4) is 0 Å². The lowest BCUT2D eigenvalue weighted by molar-refractivity contribution is 0.0975. The highest BCUT2D eigenvalue weighted by Crippen LogP contribution is 2.19. The van der Waals surface area contributed by atoms with Crippen LogP contribution in [0.2, 0.25) is 0 Å². The van der Waals surface area contributed by atoms with Crippen molar-refractivity contribution in [2.75, 3.05) is 0 Å². The van der Waals surface area contributed by atoms with Crippen LogP contribution in [0.15, 0.2) is 22.6 Å². The van der Waals surface area contributed by atoms with Gasteiger partial charge in [-0.2, -0.15) is 0 Å². The minimum atomic E-state index is -0.605. The van der Waals surface area contributed by atoms with Crippen molar-refractivity contribution in [2.24, 2.45) is 5.73 Å². The summed E-state index contributed by atoms with van der Waals surface area (Å²) in [6.45, 7) is 1.34. The number of carbonyl (C=O) groups excluding carboxylic acids is 2. The molecular formula is C10H8N2O3. The number of benzene rings is 1. The first-order valence-electron chi connectivity index (χ1n) is 4.30. The van der Waals surface area contributed by atoms with Crippen molar-refractivity contribution < 1.29 is 14.0 Å². The number of amides is 1. The number of primary amides is 1. The fraction of sp³-hybridized carbons (Fsp3) is 0.100. The van der Waals surface area contributed by atoms with Gasteiger partial charge in [-0.05, 0) is 12.1 Å². The molecule has 1 aromatic carbocycles. The molecule has 0 aliphatic rings. The number of nitrogens with two attached hydrogens (primary N) is 1. The molecule has 1 amide bonds. The molecule has 2 aromatic rings. The zero-order valence-electron chi connectivity index (χ0n) is 7.98. The highest BCUT2D eigenvalue weighted by molar-refractivity contribution is 6.04. The van der Waals surface area contributed by atoms with E-state index < -0.39 is 5.91 Å². The number of Topliss-reactive ketones (excluding diaryl/α,β-unsaturated/α-hetero) is 1. The van der Waals surface area contributed by atoms with Crippen LogP contribution in [0.25, 0.3) is 11.1 Å². The van der Waals surface area contributed by atoms with Gasteiger partial charge in [0, 0.05) is 6.92 Å². The Morgan fingerprint density at radius 1 is 1.40 bits per heavy atom. The van der Waals surface area contributed by atoms with Gasteiger partial charge in [0.1, 0.15) is 5.52 Å². The number of hydrogen-bond donors (Lipinski definition) is 1. The van der Waals surface area contributed by atoms with E-state index in [1.54, 1.807) is 12.1 Å². The number of ketones is 1. The minimum Gasteiger partial charge on any atom is -0.433 e. The second kappa shape index (κ2) is 3.20. The molecule has 0 fully saturated rings. The number of rotatable bonds is 2. The molecule has 0 aliphatic carbocycles. The van der Waals surface area contributed by atoms with E-state index in [4.69, 9.17) is 10.2 Å². The summed E-state index contributed by atoms with van der Waals surface area (Å²) in [5.41, 5.74) is 6.10. The van der Waals surface area contributed by atoms with Crippen molar-refractivity contribution in [2.45, 2.75) is 6.92 Å². The number of oxazole rings is 1. The molecule has 1 aromatic heterocycles. The van der Waals surface area contributed by atoms with Crippen LogP contribution in [-0.2, 0) is 0 Å². The lowest BCUT2D eigenvalue weighted by Gasteiger charge is -1.93. The van der Waals surface area contributed by atoms with Crippen LogP contribution in [0.5, 0.6) is 0 Å². The Hall–Kier alpha value is -2.17. The molecule has 0 aliphatic heterocycles. The molecule has 2 N–H and O–H groups in total. The van der Waals surface area contributed by atoms with Gasteiger partial charge in [-0.25, -0.2) is 4.98 Å². The van der Waals surface area contributed by atoms with Gasteiger partial charge < -0.3 is 10.2 Å². The van der Waals surface area contributed by atoms with Gasteiger partial charge in [0.05, 0.1) is 5.56 Å². The second-order valence-electron chi connectivity index (χ2n) is 3.09. The summed E-state index contributed by atoms with van der Waals surface area (Å²) < 4.78 is 5.16. The number of carbonyl (C=O) groups is 2. The predicted octanol–water partition coefficient (Wildman–Crippen LogP) is 1.13. The van der Waals surface area contributed by atoms with Crippen LogP contribution in [0, 0.1) is 0 Å². The molecule has 2 rings (SSSR count). The third-order valence-corrected chi connectivity index (χ3v) is 1.98. The number of hydrogen-bond acceptors (Lipinski definition) is 4. The van der Waals surface area contributed by atoms with Crippen molar-refractivity contribution >= 4 is 22.8 Å². The Morgan fingerprint density at radius 2 is 2.13 bits per heavy atom. The Morgan fingerprint density at radius 3 is 2.73 bits per heavy atom. The van der Waals surface area contributed by atoms with Gasteiger partial charge in [0.2, 0.25) is 5.78 Å². The van der Waals surface area contributed by atoms with Gasteiger partial charge in [0.15, 0.2) is 5.58 Å². The largest absolute Gasteiger partial charge is 0.433 e. The van der Waals surface area contributed by atoms with E-state index in [2.05, 4.69) is 4.98 Å². The summed E-state index contributed by atoms with van der Waals surface area (Å²) in [6, 6.07) is 4.81. The zero-order valence-corrected chi connectivity index (χ0v) is 7.98. The average molecular weight is 204 g/mol. The van der Waals surface area contributed by atoms with Crippen molar-refractivity contribution in [3.05, 3.63) is 29.7 Å². The Bertz CT molecular complexity index is 557. The molecule has 0 unspecified atom stereocenters. The predicted molar refractivity (Wildman–Crippen MR) is 52.5 cm³/mol. The van der Waals surface area contributed by atoms with Crippen molar-refractivity contribution in [1.29, 1.82) is 0 Å². The summed E-state index contributed by atoms with van der Waals surface area (Å²) in [6.07, 6.45) is 0. The fourth-order valence-electron chi connectivity index (χ4n) is 1.29. The zero-order chi connectivity index (χ0) is 11.0. The summed E-state index contributed by atoms with van der Waals surface area (Å²) >= 11 is 0. The maximum absolute atomic E-state index is 11.0. The summed E-state index contributed by atoms with van der Waals surface area (Å²) in [5.74, 6) is -0.910. The van der Waals surface area contributed by atoms with E-state index in [9.17, 15) is 9.59 Å². The third-order valence-electron chi connectivity index (χ3n) is 1.98. The van der Waals surface area contributed by atoms with Gasteiger partial charge in [-0.1, -0.05) is 6.07 Å². The summed E-state index contributed by atoms with van der Waals surface area (Å²) in [4.78, 5) is 26.0. The van der Waals surface area contributed by atoms with Crippen molar-refractivity contribution in [1.82, 2.24) is 4.98 Å². The molecular weight excluding hydrogens is 196 g/mol. The van der Waals surface area contributed by atoms with Gasteiger partial charge in [-0.3, -0.25) is 9.59 Å². The summed E-state index contributed by atoms with van der Waals surface area (Å²) in [5, 5.41) is 0. The maximum Gasteiger partial charge on any atom is 0.263 e. The molecule has 0 spiro atoms. The first kappa shape index (κ1) is 9.39. The molecule has 0 saturated heterocycles. The Labute approximate surface area is 84.9 Å². The van der Waals surface area contributed by atoms with E-state index >= 15 is 0 Å². The topological polar surface area (TPSA) is 86.2 Å². The Kier molecular flexibility index (Phi) is 2.00. The second-order valence-corrected chi connectivity index (χ2v) is 3.09. The first-order valence-corrected chi connectivity index (χ1v) is 4.30. The van der Waals surface area contributed by atoms with Gasteiger partial charge in [0.25, 0.3) is 11.8 Å². The smallest absolute Gasteiger partial charge is 0.263 e. The molecule has 0 atom stereocenters. The maximum atomic E-state index is 11.0. The molecule has 5 nitrogen and oxygen atoms in total. The highest BCUT2D eigenvalue weighted by Gasteiger charge is 2.14. The van der Waals surface area contributed by atoms with Crippen LogP contribution in [0.1, 0.15) is 28.0 Å². The monoisotopic (exact) mass is 204 g/mol. The van der Waals surface area contributed by atoms with E-state index in [1.807, 2.05) is 0 Å². The van der Waals surface area contributed by atoms with E-state index in [1.165, 1.54) is 13.0 Å². The fourth-order valence-corrected chi connectivity index (χ4v) is 1.29. The van der Waals surface area contributed by atoms with Crippen LogP contribution in [0.3, 0.4) is 0 Å². The molecule has 15 heavy (non-hydrogen) atoms. The van der Waals surface area contributed by atoms with Crippen LogP contribution < -0.4 is 5.73 Å². The number of nitrogens with zero attached hydrogens (tertiary/aromatic N) is 1. The van der Waals surface area contributed by atoms with E-state index in [0.29, 0.717) is 5.52 Å². The average Bonchev–Trinajstić information content (AvgIpc) is 2.60. The van der Waals surface area contributed by atoms with E-state index in [0.717, 1.165) is 0 Å². The molecule has 0 radical (unpaired) electrons. The van der Waals surface area contributed by atoms with Crippen LogP contribution in [0.4, 0.5) is 0 Å². The number of fused-ring (bicyclic) bond motifs is 1.